The Kier molecular flexibility index (Phi) is 10.7. The van der Waals surface area contributed by atoms with Crippen molar-refractivity contribution in [3.63, 3.8) is 0 Å². The number of thiophene rings is 1. The summed E-state index contributed by atoms with van der Waals surface area (Å²) in [6.07, 6.45) is -9.15. The number of hydrogen-bond acceptors (Lipinski definition) is 4. The SMILES string of the molecule is Cc1ccc(-c2ccc3c(c2)c2cc(-c4ccc(C(F)(F)F)cc4C)ccc2n3-c2ccc(-c3ccc4c(c3)sc3ccccc34)cc2-c2nc(-c3ccccc3)nc(-c3ccccc3)n2)c(C(F)(F)F)c1. The molecule has 0 bridgehead atoms. The molecule has 0 radical (unpaired) electrons. The number of rotatable bonds is 7. The Morgan fingerprint density at radius 1 is 0.389 bits per heavy atom. The van der Waals surface area contributed by atoms with Crippen LogP contribution >= 0.6 is 11.3 Å². The summed E-state index contributed by atoms with van der Waals surface area (Å²) in [5, 5.41) is 3.67. The van der Waals surface area contributed by atoms with E-state index in [4.69, 9.17) is 15.0 Å². The van der Waals surface area contributed by atoms with E-state index in [2.05, 4.69) is 47.0 Å². The largest absolute Gasteiger partial charge is 0.417 e. The van der Waals surface area contributed by atoms with Crippen molar-refractivity contribution < 1.29 is 26.3 Å². The molecule has 12 rings (SSSR count). The average molecular weight is 973 g/mol. The fraction of sp³-hybridized carbons (Fsp3) is 0.0656. The van der Waals surface area contributed by atoms with E-state index in [0.717, 1.165) is 50.5 Å². The molecule has 72 heavy (non-hydrogen) atoms. The zero-order valence-electron chi connectivity index (χ0n) is 38.4. The van der Waals surface area contributed by atoms with Crippen molar-refractivity contribution >= 4 is 53.3 Å². The summed E-state index contributed by atoms with van der Waals surface area (Å²) in [5.41, 5.74) is 7.19. The van der Waals surface area contributed by atoms with E-state index >= 15 is 0 Å². The van der Waals surface area contributed by atoms with Crippen molar-refractivity contribution in [1.82, 2.24) is 19.5 Å². The van der Waals surface area contributed by atoms with E-state index in [1.165, 1.54) is 22.2 Å². The van der Waals surface area contributed by atoms with Gasteiger partial charge in [0.1, 0.15) is 0 Å². The molecule has 0 aliphatic rings. The van der Waals surface area contributed by atoms with Gasteiger partial charge < -0.3 is 4.57 Å². The van der Waals surface area contributed by atoms with E-state index in [1.54, 1.807) is 43.4 Å². The number of fused-ring (bicyclic) bond motifs is 6. The lowest BCUT2D eigenvalue weighted by atomic mass is 9.95. The number of alkyl halides is 6. The van der Waals surface area contributed by atoms with Gasteiger partial charge in [0.15, 0.2) is 17.5 Å². The summed E-state index contributed by atoms with van der Waals surface area (Å²) >= 11 is 1.73. The molecule has 11 heteroatoms. The van der Waals surface area contributed by atoms with Crippen molar-refractivity contribution in [2.75, 3.05) is 0 Å². The molecule has 3 heterocycles. The van der Waals surface area contributed by atoms with Crippen LogP contribution in [0.5, 0.6) is 0 Å². The highest BCUT2D eigenvalue weighted by atomic mass is 32.1. The predicted molar refractivity (Wildman–Crippen MR) is 279 cm³/mol. The monoisotopic (exact) mass is 972 g/mol. The first kappa shape index (κ1) is 44.8. The fourth-order valence-electron chi connectivity index (χ4n) is 9.85. The lowest BCUT2D eigenvalue weighted by Gasteiger charge is -2.17. The topological polar surface area (TPSA) is 43.6 Å². The van der Waals surface area contributed by atoms with Crippen LogP contribution < -0.4 is 0 Å². The van der Waals surface area contributed by atoms with Crippen LogP contribution in [0.15, 0.2) is 194 Å². The Labute approximate surface area is 413 Å². The van der Waals surface area contributed by atoms with Gasteiger partial charge in [-0.3, -0.25) is 0 Å². The summed E-state index contributed by atoms with van der Waals surface area (Å²) < 4.78 is 90.3. The molecule has 0 atom stereocenters. The van der Waals surface area contributed by atoms with Gasteiger partial charge in [-0.1, -0.05) is 133 Å². The maximum Gasteiger partial charge on any atom is 0.417 e. The summed E-state index contributed by atoms with van der Waals surface area (Å²) in [7, 11) is 0. The molecule has 4 nitrogen and oxygen atoms in total. The Bertz CT molecular complexity index is 4040. The molecule has 3 aromatic heterocycles. The molecule has 0 N–H and O–H groups in total. The second-order valence-electron chi connectivity index (χ2n) is 18.0. The highest BCUT2D eigenvalue weighted by Gasteiger charge is 2.34. The second-order valence-corrected chi connectivity index (χ2v) is 19.0. The van der Waals surface area contributed by atoms with Crippen LogP contribution in [0.4, 0.5) is 26.3 Å². The Hall–Kier alpha value is -8.41. The van der Waals surface area contributed by atoms with Crippen molar-refractivity contribution in [3.05, 3.63) is 216 Å². The van der Waals surface area contributed by atoms with Gasteiger partial charge >= 0.3 is 12.4 Å². The molecule has 350 valence electrons. The van der Waals surface area contributed by atoms with Crippen molar-refractivity contribution in [1.29, 1.82) is 0 Å². The zero-order chi connectivity index (χ0) is 49.5. The zero-order valence-corrected chi connectivity index (χ0v) is 39.3. The lowest BCUT2D eigenvalue weighted by Crippen LogP contribution is -2.07. The van der Waals surface area contributed by atoms with Crippen LogP contribution in [-0.4, -0.2) is 19.5 Å². The Morgan fingerprint density at radius 3 is 1.58 bits per heavy atom. The van der Waals surface area contributed by atoms with Crippen LogP contribution in [0.3, 0.4) is 0 Å². The number of nitrogens with zero attached hydrogens (tertiary/aromatic N) is 4. The van der Waals surface area contributed by atoms with Crippen molar-refractivity contribution in [2.24, 2.45) is 0 Å². The Morgan fingerprint density at radius 2 is 0.944 bits per heavy atom. The van der Waals surface area contributed by atoms with E-state index in [9.17, 15) is 26.3 Å². The van der Waals surface area contributed by atoms with Crippen LogP contribution in [0.25, 0.3) is 115 Å². The van der Waals surface area contributed by atoms with E-state index in [0.29, 0.717) is 78.3 Å². The van der Waals surface area contributed by atoms with E-state index < -0.39 is 23.5 Å². The molecule has 0 spiro atoms. The molecule has 0 saturated heterocycles. The molecule has 12 aromatic rings. The maximum atomic E-state index is 14.8. The first-order chi connectivity index (χ1) is 34.7. The molecular weight excluding hydrogens is 935 g/mol. The summed E-state index contributed by atoms with van der Waals surface area (Å²) in [6.45, 7) is 3.27. The van der Waals surface area contributed by atoms with Gasteiger partial charge in [-0.25, -0.2) is 15.0 Å². The predicted octanol–water partition coefficient (Wildman–Crippen LogP) is 18.0. The van der Waals surface area contributed by atoms with Gasteiger partial charge in [0.2, 0.25) is 0 Å². The van der Waals surface area contributed by atoms with E-state index in [1.807, 2.05) is 103 Å². The maximum absolute atomic E-state index is 14.8. The molecule has 0 aliphatic carbocycles. The van der Waals surface area contributed by atoms with Crippen molar-refractivity contribution in [3.8, 4) is 73.2 Å². The molecule has 0 aliphatic heterocycles. The molecule has 0 saturated carbocycles. The second kappa shape index (κ2) is 17.2. The third kappa shape index (κ3) is 7.96. The quantitative estimate of drug-likeness (QED) is 0.150. The van der Waals surface area contributed by atoms with Crippen LogP contribution in [0.2, 0.25) is 0 Å². The standard InChI is InChI=1S/C61H38F6N4S/c1-35-17-23-45(51(29-35)61(65,66)67)42-21-28-53-49(33-42)48-32-41(44-25-22-43(30-36(44)2)60(62,63)64)20-27-52(48)71(53)54-26-19-39(40-18-24-47-46-15-9-10-16-55(46)72-56(47)34-40)31-50(54)59-69-57(37-11-5-3-6-12-37)68-58(70-59)38-13-7-4-8-14-38/h3-34H,1-2H3. The lowest BCUT2D eigenvalue weighted by molar-refractivity contribution is -0.138. The number of aromatic nitrogens is 4. The molecule has 0 unspecified atom stereocenters. The van der Waals surface area contributed by atoms with Crippen LogP contribution in [-0.2, 0) is 12.4 Å². The van der Waals surface area contributed by atoms with Gasteiger partial charge in [0.25, 0.3) is 0 Å². The average Bonchev–Trinajstić information content (AvgIpc) is 3.93. The molecule has 0 amide bonds. The van der Waals surface area contributed by atoms with Gasteiger partial charge in [-0.2, -0.15) is 26.3 Å². The minimum atomic E-state index is -4.63. The van der Waals surface area contributed by atoms with Crippen molar-refractivity contribution in [2.45, 2.75) is 26.2 Å². The third-order valence-electron chi connectivity index (χ3n) is 13.3. The first-order valence-electron chi connectivity index (χ1n) is 23.1. The fourth-order valence-corrected chi connectivity index (χ4v) is 11.0. The Balaban J connectivity index is 1.14. The summed E-state index contributed by atoms with van der Waals surface area (Å²) in [5.74, 6) is 1.31. The summed E-state index contributed by atoms with van der Waals surface area (Å²) in [4.78, 5) is 15.4. The van der Waals surface area contributed by atoms with Gasteiger partial charge in [0, 0.05) is 47.6 Å². The molecular formula is C61H38F6N4S. The minimum Gasteiger partial charge on any atom is -0.308 e. The first-order valence-corrected chi connectivity index (χ1v) is 23.9. The van der Waals surface area contributed by atoms with E-state index in [-0.39, 0.29) is 5.56 Å². The third-order valence-corrected chi connectivity index (χ3v) is 14.4. The van der Waals surface area contributed by atoms with Crippen LogP contribution in [0.1, 0.15) is 22.3 Å². The highest BCUT2D eigenvalue weighted by Crippen LogP contribution is 2.45. The number of hydrogen-bond donors (Lipinski definition) is 0. The molecule has 0 fully saturated rings. The number of aryl methyl sites for hydroxylation is 2. The smallest absolute Gasteiger partial charge is 0.308 e. The normalized spacial score (nSPS) is 12.2. The minimum absolute atomic E-state index is 0.0263. The molecule has 9 aromatic carbocycles. The summed E-state index contributed by atoms with van der Waals surface area (Å²) in [6, 6.07) is 59.3. The number of benzene rings is 9. The van der Waals surface area contributed by atoms with Gasteiger partial charge in [-0.15, -0.1) is 11.3 Å². The van der Waals surface area contributed by atoms with Gasteiger partial charge in [0.05, 0.1) is 27.8 Å². The number of halogens is 6. The highest BCUT2D eigenvalue weighted by molar-refractivity contribution is 7.25. The van der Waals surface area contributed by atoms with Crippen LogP contribution in [0, 0.1) is 13.8 Å². The van der Waals surface area contributed by atoms with Gasteiger partial charge in [-0.05, 0) is 120 Å².